The van der Waals surface area contributed by atoms with E-state index in [9.17, 15) is 0 Å². The van der Waals surface area contributed by atoms with Crippen molar-refractivity contribution in [1.82, 2.24) is 4.90 Å². The molecule has 2 N–H and O–H groups in total. The van der Waals surface area contributed by atoms with E-state index in [0.717, 1.165) is 19.5 Å². The molecule has 1 fully saturated rings. The van der Waals surface area contributed by atoms with Crippen LogP contribution in [-0.2, 0) is 11.3 Å². The van der Waals surface area contributed by atoms with Crippen molar-refractivity contribution in [3.8, 4) is 0 Å². The second-order valence-corrected chi connectivity index (χ2v) is 5.36. The Balaban J connectivity index is 2.34. The highest BCUT2D eigenvalue weighted by atomic mass is 16.5. The van der Waals surface area contributed by atoms with Crippen LogP contribution in [0.4, 0.5) is 0 Å². The van der Waals surface area contributed by atoms with E-state index >= 15 is 0 Å². The molecular formula is C16H26N2O. The van der Waals surface area contributed by atoms with Crippen LogP contribution in [0.2, 0.25) is 0 Å². The fourth-order valence-corrected chi connectivity index (χ4v) is 3.15. The van der Waals surface area contributed by atoms with Crippen LogP contribution in [0.3, 0.4) is 0 Å². The maximum absolute atomic E-state index is 6.46. The number of likely N-dealkylation sites (tertiary alicyclic amines) is 1. The molecule has 3 nitrogen and oxygen atoms in total. The van der Waals surface area contributed by atoms with Gasteiger partial charge in [-0.15, -0.1) is 0 Å². The highest BCUT2D eigenvalue weighted by Crippen LogP contribution is 2.31. The lowest BCUT2D eigenvalue weighted by atomic mass is 9.92. The van der Waals surface area contributed by atoms with Crippen molar-refractivity contribution in [3.63, 3.8) is 0 Å². The average Bonchev–Trinajstić information content (AvgIpc) is 2.61. The summed E-state index contributed by atoms with van der Waals surface area (Å²) < 4.78 is 5.34. The molecule has 2 unspecified atom stereocenters. The number of likely N-dealkylation sites (N-methyl/N-ethyl adjacent to an activating group) is 1. The lowest BCUT2D eigenvalue weighted by Gasteiger charge is -2.34. The number of nitrogens with two attached hydrogens (primary N) is 1. The molecule has 0 bridgehead atoms. The highest BCUT2D eigenvalue weighted by molar-refractivity contribution is 5.31. The van der Waals surface area contributed by atoms with E-state index in [1.807, 2.05) is 0 Å². The number of methoxy groups -OCH3 is 1. The number of ether oxygens (including phenoxy) is 1. The summed E-state index contributed by atoms with van der Waals surface area (Å²) in [6, 6.07) is 9.12. The second kappa shape index (κ2) is 7.04. The van der Waals surface area contributed by atoms with Crippen molar-refractivity contribution in [2.45, 2.75) is 44.9 Å². The normalized spacial score (nSPS) is 25.2. The molecule has 1 heterocycles. The summed E-state index contributed by atoms with van der Waals surface area (Å²) in [7, 11) is 1.75. The van der Waals surface area contributed by atoms with Crippen molar-refractivity contribution in [2.75, 3.05) is 20.2 Å². The minimum absolute atomic E-state index is 0.223. The summed E-state index contributed by atoms with van der Waals surface area (Å²) in [6.45, 7) is 5.09. The van der Waals surface area contributed by atoms with Crippen LogP contribution < -0.4 is 5.73 Å². The molecular weight excluding hydrogens is 236 g/mol. The molecule has 2 rings (SSSR count). The van der Waals surface area contributed by atoms with Crippen molar-refractivity contribution >= 4 is 0 Å². The molecule has 0 saturated carbocycles. The summed E-state index contributed by atoms with van der Waals surface area (Å²) in [5.74, 6) is 0. The van der Waals surface area contributed by atoms with Crippen molar-refractivity contribution in [3.05, 3.63) is 35.4 Å². The molecule has 1 aliphatic rings. The molecule has 106 valence electrons. The van der Waals surface area contributed by atoms with Gasteiger partial charge in [0, 0.05) is 13.2 Å². The quantitative estimate of drug-likeness (QED) is 0.906. The molecule has 2 atom stereocenters. The van der Waals surface area contributed by atoms with E-state index in [1.54, 1.807) is 7.11 Å². The molecule has 1 aromatic carbocycles. The Morgan fingerprint density at radius 2 is 2.11 bits per heavy atom. The first-order chi connectivity index (χ1) is 9.27. The number of rotatable bonds is 4. The van der Waals surface area contributed by atoms with Gasteiger partial charge in [0.25, 0.3) is 0 Å². The van der Waals surface area contributed by atoms with Gasteiger partial charge in [-0.1, -0.05) is 37.6 Å². The van der Waals surface area contributed by atoms with Crippen LogP contribution in [0.15, 0.2) is 24.3 Å². The fourth-order valence-electron chi connectivity index (χ4n) is 3.15. The Morgan fingerprint density at radius 1 is 1.32 bits per heavy atom. The van der Waals surface area contributed by atoms with Gasteiger partial charge in [0.1, 0.15) is 0 Å². The minimum Gasteiger partial charge on any atom is -0.380 e. The van der Waals surface area contributed by atoms with E-state index in [0.29, 0.717) is 12.6 Å². The Labute approximate surface area is 116 Å². The molecule has 0 spiro atoms. The third kappa shape index (κ3) is 3.35. The molecule has 0 aromatic heterocycles. The van der Waals surface area contributed by atoms with Gasteiger partial charge in [-0.05, 0) is 37.1 Å². The average molecular weight is 262 g/mol. The molecule has 3 heteroatoms. The fraction of sp³-hybridized carbons (Fsp3) is 0.625. The zero-order valence-electron chi connectivity index (χ0n) is 12.1. The van der Waals surface area contributed by atoms with Gasteiger partial charge in [-0.2, -0.15) is 0 Å². The molecule has 1 aliphatic heterocycles. The summed E-state index contributed by atoms with van der Waals surface area (Å²) in [5, 5.41) is 0. The largest absolute Gasteiger partial charge is 0.380 e. The number of hydrogen-bond donors (Lipinski definition) is 1. The minimum atomic E-state index is 0.223. The van der Waals surface area contributed by atoms with Gasteiger partial charge >= 0.3 is 0 Å². The van der Waals surface area contributed by atoms with Gasteiger partial charge in [0.2, 0.25) is 0 Å². The Hall–Kier alpha value is -0.900. The Bertz CT molecular complexity index is 394. The van der Waals surface area contributed by atoms with E-state index < -0.39 is 0 Å². The number of nitrogens with zero attached hydrogens (tertiary/aromatic N) is 1. The Kier molecular flexibility index (Phi) is 5.37. The van der Waals surface area contributed by atoms with Crippen LogP contribution in [0.25, 0.3) is 0 Å². The summed E-state index contributed by atoms with van der Waals surface area (Å²) >= 11 is 0. The SMILES string of the molecule is CCN1CCCCC(N)C1c1ccccc1COC. The van der Waals surface area contributed by atoms with Gasteiger partial charge in [0.05, 0.1) is 12.6 Å². The number of hydrogen-bond acceptors (Lipinski definition) is 3. The van der Waals surface area contributed by atoms with Crippen LogP contribution >= 0.6 is 0 Å². The third-order valence-electron chi connectivity index (χ3n) is 4.11. The van der Waals surface area contributed by atoms with Crippen molar-refractivity contribution < 1.29 is 4.74 Å². The second-order valence-electron chi connectivity index (χ2n) is 5.36. The smallest absolute Gasteiger partial charge is 0.0716 e. The van der Waals surface area contributed by atoms with Crippen molar-refractivity contribution in [1.29, 1.82) is 0 Å². The molecule has 0 amide bonds. The van der Waals surface area contributed by atoms with E-state index in [-0.39, 0.29) is 6.04 Å². The van der Waals surface area contributed by atoms with E-state index in [2.05, 4.69) is 36.1 Å². The lowest BCUT2D eigenvalue weighted by molar-refractivity contribution is 0.171. The molecule has 1 aromatic rings. The van der Waals surface area contributed by atoms with Crippen LogP contribution in [0, 0.1) is 0 Å². The first-order valence-electron chi connectivity index (χ1n) is 7.34. The van der Waals surface area contributed by atoms with Crippen LogP contribution in [0.5, 0.6) is 0 Å². The zero-order chi connectivity index (χ0) is 13.7. The first-order valence-corrected chi connectivity index (χ1v) is 7.34. The van der Waals surface area contributed by atoms with Gasteiger partial charge < -0.3 is 10.5 Å². The summed E-state index contributed by atoms with van der Waals surface area (Å²) in [5.41, 5.74) is 9.08. The predicted molar refractivity (Wildman–Crippen MR) is 79.0 cm³/mol. The zero-order valence-corrected chi connectivity index (χ0v) is 12.1. The highest BCUT2D eigenvalue weighted by Gasteiger charge is 2.29. The standard InChI is InChI=1S/C16H26N2O/c1-3-18-11-7-6-10-15(17)16(18)14-9-5-4-8-13(14)12-19-2/h4-5,8-9,15-16H,3,6-7,10-12,17H2,1-2H3. The topological polar surface area (TPSA) is 38.5 Å². The van der Waals surface area contributed by atoms with Crippen molar-refractivity contribution in [2.24, 2.45) is 5.73 Å². The lowest BCUT2D eigenvalue weighted by Crippen LogP contribution is -2.40. The van der Waals surface area contributed by atoms with Gasteiger partial charge in [-0.3, -0.25) is 4.90 Å². The van der Waals surface area contributed by atoms with E-state index in [4.69, 9.17) is 10.5 Å². The number of benzene rings is 1. The molecule has 19 heavy (non-hydrogen) atoms. The predicted octanol–water partition coefficient (Wildman–Crippen LogP) is 2.71. The first kappa shape index (κ1) is 14.5. The molecule has 1 saturated heterocycles. The van der Waals surface area contributed by atoms with Crippen LogP contribution in [-0.4, -0.2) is 31.1 Å². The maximum Gasteiger partial charge on any atom is 0.0716 e. The van der Waals surface area contributed by atoms with Crippen LogP contribution in [0.1, 0.15) is 43.4 Å². The van der Waals surface area contributed by atoms with Gasteiger partial charge in [-0.25, -0.2) is 0 Å². The Morgan fingerprint density at radius 3 is 2.84 bits per heavy atom. The molecule has 0 aliphatic carbocycles. The third-order valence-corrected chi connectivity index (χ3v) is 4.11. The summed E-state index contributed by atoms with van der Waals surface area (Å²) in [6.07, 6.45) is 3.60. The maximum atomic E-state index is 6.46. The van der Waals surface area contributed by atoms with E-state index in [1.165, 1.54) is 24.0 Å². The monoisotopic (exact) mass is 262 g/mol. The molecule has 0 radical (unpaired) electrons. The van der Waals surface area contributed by atoms with Gasteiger partial charge in [0.15, 0.2) is 0 Å². The summed E-state index contributed by atoms with van der Waals surface area (Å²) in [4.78, 5) is 2.52.